The number of allylic oxidation sites excluding steroid dienone is 3. The summed E-state index contributed by atoms with van der Waals surface area (Å²) in [4.78, 5) is 13.2. The maximum absolute atomic E-state index is 13.2. The molecule has 0 atom stereocenters. The third kappa shape index (κ3) is 5.57. The van der Waals surface area contributed by atoms with Gasteiger partial charge in [-0.05, 0) is 61.2 Å². The van der Waals surface area contributed by atoms with Crippen LogP contribution in [0.15, 0.2) is 60.2 Å². The number of carbonyl (C=O) groups excluding carboxylic acids is 1. The molecule has 1 aliphatic rings. The fourth-order valence-electron chi connectivity index (χ4n) is 3.49. The van der Waals surface area contributed by atoms with Gasteiger partial charge in [0.1, 0.15) is 12.4 Å². The van der Waals surface area contributed by atoms with Gasteiger partial charge < -0.3 is 15.2 Å². The lowest BCUT2D eigenvalue weighted by Crippen LogP contribution is -2.07. The lowest BCUT2D eigenvalue weighted by molar-refractivity contribution is 0.103. The van der Waals surface area contributed by atoms with E-state index >= 15 is 0 Å². The summed E-state index contributed by atoms with van der Waals surface area (Å²) in [5.41, 5.74) is 5.32. The number of aliphatic hydroxyl groups excluding tert-OH is 1. The van der Waals surface area contributed by atoms with Crippen LogP contribution in [0.25, 0.3) is 0 Å². The number of aryl methyl sites for hydroxylation is 2. The Morgan fingerprint density at radius 2 is 2.00 bits per heavy atom. The maximum Gasteiger partial charge on any atom is 0.193 e. The van der Waals surface area contributed by atoms with Crippen LogP contribution in [0.3, 0.4) is 0 Å². The van der Waals surface area contributed by atoms with Crippen LogP contribution in [0.5, 0.6) is 5.75 Å². The van der Waals surface area contributed by atoms with Gasteiger partial charge >= 0.3 is 0 Å². The average molecular weight is 410 g/mol. The van der Waals surface area contributed by atoms with Crippen molar-refractivity contribution in [2.75, 3.05) is 31.7 Å². The van der Waals surface area contributed by atoms with Crippen molar-refractivity contribution in [3.63, 3.8) is 0 Å². The molecule has 0 saturated heterocycles. The van der Waals surface area contributed by atoms with Gasteiger partial charge in [-0.2, -0.15) is 0 Å². The normalized spacial score (nSPS) is 13.7. The molecule has 2 N–H and O–H groups in total. The van der Waals surface area contributed by atoms with E-state index in [0.717, 1.165) is 40.8 Å². The van der Waals surface area contributed by atoms with Gasteiger partial charge in [0.2, 0.25) is 0 Å². The molecule has 0 fully saturated rings. The van der Waals surface area contributed by atoms with Crippen molar-refractivity contribution < 1.29 is 19.0 Å². The van der Waals surface area contributed by atoms with Crippen molar-refractivity contribution in [2.45, 2.75) is 26.2 Å². The molecule has 0 saturated carbocycles. The van der Waals surface area contributed by atoms with Crippen molar-refractivity contribution in [3.05, 3.63) is 82.5 Å². The minimum Gasteiger partial charge on any atom is -0.493 e. The Bertz CT molecular complexity index is 949. The van der Waals surface area contributed by atoms with Crippen LogP contribution in [0.1, 0.15) is 40.4 Å². The number of benzene rings is 2. The molecule has 0 bridgehead atoms. The second-order valence-corrected chi connectivity index (χ2v) is 7.33. The standard InChI is InChI=1S/C25H28FNO3/c1-18(11-12-26)4-2-13-27-21-8-10-23-20(16-21)6-5-19-7-9-22(30-15-3-14-28)17-24(19)25(23)29/h2,4,7-11,16-17,27-28H,3,5-6,12-15H2,1H3/b4-2-,18-11-. The molecule has 2 aromatic rings. The van der Waals surface area contributed by atoms with Crippen molar-refractivity contribution >= 4 is 11.5 Å². The van der Waals surface area contributed by atoms with E-state index in [2.05, 4.69) is 5.32 Å². The zero-order valence-corrected chi connectivity index (χ0v) is 17.3. The smallest absolute Gasteiger partial charge is 0.193 e. The first-order chi connectivity index (χ1) is 14.6. The van der Waals surface area contributed by atoms with E-state index in [1.54, 1.807) is 0 Å². The highest BCUT2D eigenvalue weighted by Gasteiger charge is 2.22. The Kier molecular flexibility index (Phi) is 7.80. The summed E-state index contributed by atoms with van der Waals surface area (Å²) in [7, 11) is 0. The van der Waals surface area contributed by atoms with Gasteiger partial charge in [0.25, 0.3) is 0 Å². The molecule has 1 aliphatic carbocycles. The summed E-state index contributed by atoms with van der Waals surface area (Å²) in [6.07, 6.45) is 7.52. The Hall–Kier alpha value is -2.92. The Morgan fingerprint density at radius 1 is 1.17 bits per heavy atom. The Morgan fingerprint density at radius 3 is 2.80 bits per heavy atom. The summed E-state index contributed by atoms with van der Waals surface area (Å²) in [5, 5.41) is 12.2. The van der Waals surface area contributed by atoms with Gasteiger partial charge in [-0.25, -0.2) is 4.39 Å². The summed E-state index contributed by atoms with van der Waals surface area (Å²) in [6.45, 7) is 2.54. The number of ketones is 1. The van der Waals surface area contributed by atoms with Crippen LogP contribution in [0.2, 0.25) is 0 Å². The fourth-order valence-corrected chi connectivity index (χ4v) is 3.49. The number of hydrogen-bond donors (Lipinski definition) is 2. The zero-order chi connectivity index (χ0) is 21.3. The van der Waals surface area contributed by atoms with Crippen molar-refractivity contribution in [2.24, 2.45) is 0 Å². The van der Waals surface area contributed by atoms with Crippen LogP contribution >= 0.6 is 0 Å². The molecule has 0 unspecified atom stereocenters. The number of alkyl halides is 1. The molecule has 0 spiro atoms. The SMILES string of the molecule is CC(/C=C\CNc1ccc2c(c1)CCc1ccc(OCCCO)cc1C2=O)=C/CF. The van der Waals surface area contributed by atoms with Gasteiger partial charge in [-0.15, -0.1) is 0 Å². The van der Waals surface area contributed by atoms with Crippen molar-refractivity contribution in [1.29, 1.82) is 0 Å². The van der Waals surface area contributed by atoms with E-state index in [1.165, 1.54) is 6.08 Å². The van der Waals surface area contributed by atoms with E-state index in [1.807, 2.05) is 55.5 Å². The van der Waals surface area contributed by atoms with E-state index in [4.69, 9.17) is 9.84 Å². The highest BCUT2D eigenvalue weighted by atomic mass is 19.1. The first-order valence-electron chi connectivity index (χ1n) is 10.3. The van der Waals surface area contributed by atoms with Crippen LogP contribution < -0.4 is 10.1 Å². The first-order valence-corrected chi connectivity index (χ1v) is 10.3. The fraction of sp³-hybridized carbons (Fsp3) is 0.320. The predicted molar refractivity (Wildman–Crippen MR) is 118 cm³/mol. The molecule has 158 valence electrons. The van der Waals surface area contributed by atoms with E-state index < -0.39 is 6.67 Å². The predicted octanol–water partition coefficient (Wildman–Crippen LogP) is 4.66. The van der Waals surface area contributed by atoms with Crippen molar-refractivity contribution in [3.8, 4) is 5.75 Å². The Balaban J connectivity index is 1.72. The molecular weight excluding hydrogens is 381 g/mol. The third-order valence-corrected chi connectivity index (χ3v) is 5.11. The second kappa shape index (κ2) is 10.7. The number of hydrogen-bond acceptors (Lipinski definition) is 4. The van der Waals surface area contributed by atoms with E-state index in [0.29, 0.717) is 30.9 Å². The second-order valence-electron chi connectivity index (χ2n) is 7.33. The Labute approximate surface area is 177 Å². The van der Waals surface area contributed by atoms with Gasteiger partial charge in [-0.1, -0.05) is 29.9 Å². The monoisotopic (exact) mass is 409 g/mol. The highest BCUT2D eigenvalue weighted by Crippen LogP contribution is 2.29. The summed E-state index contributed by atoms with van der Waals surface area (Å²) >= 11 is 0. The van der Waals surface area contributed by atoms with Gasteiger partial charge in [-0.3, -0.25) is 4.79 Å². The largest absolute Gasteiger partial charge is 0.493 e. The number of ether oxygens (including phenoxy) is 1. The molecule has 4 nitrogen and oxygen atoms in total. The third-order valence-electron chi connectivity index (χ3n) is 5.11. The number of carbonyl (C=O) groups is 1. The number of nitrogens with one attached hydrogen (secondary N) is 1. The van der Waals surface area contributed by atoms with E-state index in [-0.39, 0.29) is 12.4 Å². The molecular formula is C25H28FNO3. The molecule has 30 heavy (non-hydrogen) atoms. The van der Waals surface area contributed by atoms with Gasteiger partial charge in [0.05, 0.1) is 6.61 Å². The van der Waals surface area contributed by atoms with Crippen LogP contribution in [-0.4, -0.2) is 37.3 Å². The van der Waals surface area contributed by atoms with Crippen molar-refractivity contribution in [1.82, 2.24) is 0 Å². The quantitative estimate of drug-likeness (QED) is 0.467. The number of rotatable bonds is 9. The van der Waals surface area contributed by atoms with Crippen LogP contribution in [-0.2, 0) is 12.8 Å². The molecule has 0 aromatic heterocycles. The molecule has 0 radical (unpaired) electrons. The van der Waals surface area contributed by atoms with E-state index in [9.17, 15) is 9.18 Å². The molecule has 0 aliphatic heterocycles. The summed E-state index contributed by atoms with van der Waals surface area (Å²) in [6, 6.07) is 11.5. The number of aliphatic hydroxyl groups is 1. The average Bonchev–Trinajstić information content (AvgIpc) is 2.88. The van der Waals surface area contributed by atoms with Gasteiger partial charge in [0.15, 0.2) is 5.78 Å². The lowest BCUT2D eigenvalue weighted by atomic mass is 9.98. The number of halogens is 1. The molecule has 5 heteroatoms. The molecule has 2 aromatic carbocycles. The summed E-state index contributed by atoms with van der Waals surface area (Å²) < 4.78 is 17.9. The molecule has 0 amide bonds. The number of fused-ring (bicyclic) bond motifs is 2. The first kappa shape index (κ1) is 21.8. The van der Waals surface area contributed by atoms with Crippen LogP contribution in [0, 0.1) is 0 Å². The molecule has 0 heterocycles. The maximum atomic E-state index is 13.2. The highest BCUT2D eigenvalue weighted by molar-refractivity contribution is 6.11. The van der Waals surface area contributed by atoms with Gasteiger partial charge in [0, 0.05) is 36.4 Å². The lowest BCUT2D eigenvalue weighted by Gasteiger charge is -2.10. The number of anilines is 1. The van der Waals surface area contributed by atoms with Crippen LogP contribution in [0.4, 0.5) is 10.1 Å². The zero-order valence-electron chi connectivity index (χ0n) is 17.3. The molecule has 3 rings (SSSR count). The minimum atomic E-state index is -0.457. The summed E-state index contributed by atoms with van der Waals surface area (Å²) in [5.74, 6) is 0.671. The topological polar surface area (TPSA) is 58.6 Å². The minimum absolute atomic E-state index is 0.0172.